The molecule has 0 N–H and O–H groups in total. The Bertz CT molecular complexity index is 1090. The van der Waals surface area contributed by atoms with Crippen molar-refractivity contribution in [3.05, 3.63) is 58.5 Å². The van der Waals surface area contributed by atoms with Gasteiger partial charge >= 0.3 is 0 Å². The van der Waals surface area contributed by atoms with Crippen LogP contribution in [-0.4, -0.2) is 67.5 Å². The van der Waals surface area contributed by atoms with Gasteiger partial charge in [0.05, 0.1) is 30.5 Å². The molecule has 34 heavy (non-hydrogen) atoms. The van der Waals surface area contributed by atoms with E-state index in [-0.39, 0.29) is 5.82 Å². The van der Waals surface area contributed by atoms with Gasteiger partial charge < -0.3 is 18.9 Å². The molecule has 5 rings (SSSR count). The molecule has 0 atom stereocenters. The van der Waals surface area contributed by atoms with E-state index in [4.69, 9.17) is 25.6 Å². The molecule has 0 aliphatic carbocycles. The Morgan fingerprint density at radius 2 is 1.85 bits per heavy atom. The lowest BCUT2D eigenvalue weighted by atomic mass is 9.91. The number of halogens is 2. The second-order valence-electron chi connectivity index (χ2n) is 9.18. The Morgan fingerprint density at radius 3 is 2.65 bits per heavy atom. The summed E-state index contributed by atoms with van der Waals surface area (Å²) in [6.45, 7) is 8.06. The lowest BCUT2D eigenvalue weighted by molar-refractivity contribution is 0.0342. The summed E-state index contributed by atoms with van der Waals surface area (Å²) in [5, 5.41) is 5.84. The first-order valence-electron chi connectivity index (χ1n) is 12.1. The van der Waals surface area contributed by atoms with E-state index >= 15 is 0 Å². The summed E-state index contributed by atoms with van der Waals surface area (Å²) in [6, 6.07) is 10.8. The molecule has 0 unspecified atom stereocenters. The van der Waals surface area contributed by atoms with Crippen molar-refractivity contribution in [2.24, 2.45) is 0 Å². The highest BCUT2D eigenvalue weighted by atomic mass is 35.5. The number of nitrogens with zero attached hydrogens (tertiary/aromatic N) is 3. The second kappa shape index (κ2) is 11.0. The predicted octanol–water partition coefficient (Wildman–Crippen LogP) is 5.10. The smallest absolute Gasteiger partial charge is 0.170 e. The molecule has 2 aromatic carbocycles. The number of likely N-dealkylation sites (tertiary alicyclic amines) is 1. The van der Waals surface area contributed by atoms with Crippen LogP contribution in [0.25, 0.3) is 11.0 Å². The van der Waals surface area contributed by atoms with Crippen molar-refractivity contribution in [2.45, 2.75) is 31.7 Å². The van der Waals surface area contributed by atoms with Crippen molar-refractivity contribution >= 4 is 22.6 Å². The minimum absolute atomic E-state index is 0.294. The molecule has 0 spiro atoms. The van der Waals surface area contributed by atoms with Gasteiger partial charge in [-0.25, -0.2) is 4.39 Å². The van der Waals surface area contributed by atoms with E-state index in [1.807, 2.05) is 12.1 Å². The quantitative estimate of drug-likeness (QED) is 0.412. The highest BCUT2D eigenvalue weighted by molar-refractivity contribution is 6.32. The van der Waals surface area contributed by atoms with E-state index in [2.05, 4.69) is 21.0 Å². The Morgan fingerprint density at radius 1 is 1.03 bits per heavy atom. The number of piperidine rings is 1. The monoisotopic (exact) mass is 487 g/mol. The first-order chi connectivity index (χ1) is 16.7. The minimum Gasteiger partial charge on any atom is -0.492 e. The van der Waals surface area contributed by atoms with Gasteiger partial charge in [0.25, 0.3) is 0 Å². The molecule has 8 heteroatoms. The summed E-state index contributed by atoms with van der Waals surface area (Å²) in [5.74, 6) is 0.812. The summed E-state index contributed by atoms with van der Waals surface area (Å²) in [6.07, 6.45) is 3.00. The highest BCUT2D eigenvalue weighted by Crippen LogP contribution is 2.33. The number of fused-ring (bicyclic) bond motifs is 1. The lowest BCUT2D eigenvalue weighted by Crippen LogP contribution is -2.35. The summed E-state index contributed by atoms with van der Waals surface area (Å²) in [5.41, 5.74) is 2.69. The second-order valence-corrected chi connectivity index (χ2v) is 9.59. The van der Waals surface area contributed by atoms with Gasteiger partial charge in [-0.15, -0.1) is 0 Å². The maximum Gasteiger partial charge on any atom is 0.170 e. The van der Waals surface area contributed by atoms with Crippen molar-refractivity contribution in [1.29, 1.82) is 0 Å². The Kier molecular flexibility index (Phi) is 7.64. The van der Waals surface area contributed by atoms with E-state index in [1.165, 1.54) is 17.7 Å². The molecule has 3 heterocycles. The molecule has 2 aliphatic heterocycles. The third kappa shape index (κ3) is 5.71. The van der Waals surface area contributed by atoms with E-state index in [9.17, 15) is 4.39 Å². The average molecular weight is 488 g/mol. The standard InChI is InChI=1S/C26H31ClFN3O3/c27-23-16-19(18-31-11-14-32-15-12-31)2-5-24(23)33-13-1-8-30-9-6-20(7-10-30)26-22-4-3-21(28)17-25(22)34-29-26/h2-5,16-17,20H,1,6-15,18H2. The Hall–Kier alpha value is -2.19. The minimum atomic E-state index is -0.294. The third-order valence-electron chi connectivity index (χ3n) is 6.82. The topological polar surface area (TPSA) is 51.0 Å². The van der Waals surface area contributed by atoms with Crippen molar-refractivity contribution in [3.63, 3.8) is 0 Å². The Balaban J connectivity index is 1.04. The average Bonchev–Trinajstić information content (AvgIpc) is 3.27. The van der Waals surface area contributed by atoms with Gasteiger partial charge in [-0.2, -0.15) is 0 Å². The van der Waals surface area contributed by atoms with Gasteiger partial charge in [-0.1, -0.05) is 22.8 Å². The van der Waals surface area contributed by atoms with E-state index in [1.54, 1.807) is 6.07 Å². The maximum atomic E-state index is 13.4. The fourth-order valence-corrected chi connectivity index (χ4v) is 5.16. The van der Waals surface area contributed by atoms with Gasteiger partial charge in [0.1, 0.15) is 11.6 Å². The van der Waals surface area contributed by atoms with Crippen LogP contribution >= 0.6 is 11.6 Å². The van der Waals surface area contributed by atoms with Crippen molar-refractivity contribution in [3.8, 4) is 5.75 Å². The van der Waals surface area contributed by atoms with Crippen LogP contribution in [0.15, 0.2) is 40.9 Å². The molecule has 0 saturated carbocycles. The van der Waals surface area contributed by atoms with Gasteiger partial charge in [0.15, 0.2) is 5.58 Å². The zero-order valence-corrected chi connectivity index (χ0v) is 20.1. The third-order valence-corrected chi connectivity index (χ3v) is 7.11. The number of hydrogen-bond acceptors (Lipinski definition) is 6. The normalized spacial score (nSPS) is 18.5. The van der Waals surface area contributed by atoms with Crippen LogP contribution in [0.5, 0.6) is 5.75 Å². The Labute approximate surface area is 204 Å². The zero-order valence-electron chi connectivity index (χ0n) is 19.3. The summed E-state index contributed by atoms with van der Waals surface area (Å²) in [4.78, 5) is 4.85. The molecule has 2 saturated heterocycles. The van der Waals surface area contributed by atoms with Gasteiger partial charge in [-0.3, -0.25) is 4.90 Å². The molecule has 0 radical (unpaired) electrons. The van der Waals surface area contributed by atoms with Crippen LogP contribution in [0.1, 0.15) is 36.4 Å². The number of aromatic nitrogens is 1. The molecular formula is C26H31ClFN3O3. The number of ether oxygens (including phenoxy) is 2. The fraction of sp³-hybridized carbons (Fsp3) is 0.500. The van der Waals surface area contributed by atoms with Crippen LogP contribution < -0.4 is 4.74 Å². The summed E-state index contributed by atoms with van der Waals surface area (Å²) in [7, 11) is 0. The van der Waals surface area contributed by atoms with Gasteiger partial charge in [-0.05, 0) is 62.2 Å². The summed E-state index contributed by atoms with van der Waals surface area (Å²) < 4.78 is 30.1. The maximum absolute atomic E-state index is 13.4. The van der Waals surface area contributed by atoms with E-state index in [0.29, 0.717) is 23.1 Å². The highest BCUT2D eigenvalue weighted by Gasteiger charge is 2.25. The van der Waals surface area contributed by atoms with Crippen LogP contribution in [0.3, 0.4) is 0 Å². The van der Waals surface area contributed by atoms with Gasteiger partial charge in [0, 0.05) is 43.5 Å². The SMILES string of the molecule is Fc1ccc2c(C3CCN(CCCOc4ccc(CN5CCOCC5)cc4Cl)CC3)noc2c1. The molecule has 2 aliphatic rings. The fourth-order valence-electron chi connectivity index (χ4n) is 4.90. The zero-order chi connectivity index (χ0) is 23.3. The number of hydrogen-bond donors (Lipinski definition) is 0. The molecule has 182 valence electrons. The molecule has 1 aromatic heterocycles. The first kappa shape index (κ1) is 23.5. The molecule has 0 amide bonds. The van der Waals surface area contributed by atoms with Gasteiger partial charge in [0.2, 0.25) is 0 Å². The molecule has 6 nitrogen and oxygen atoms in total. The number of morpholine rings is 1. The largest absolute Gasteiger partial charge is 0.492 e. The molecular weight excluding hydrogens is 457 g/mol. The van der Waals surface area contributed by atoms with Crippen LogP contribution in [0.4, 0.5) is 4.39 Å². The van der Waals surface area contributed by atoms with Crippen LogP contribution in [-0.2, 0) is 11.3 Å². The first-order valence-corrected chi connectivity index (χ1v) is 12.5. The van der Waals surface area contributed by atoms with E-state index in [0.717, 1.165) is 88.6 Å². The van der Waals surface area contributed by atoms with Crippen LogP contribution in [0, 0.1) is 5.82 Å². The lowest BCUT2D eigenvalue weighted by Gasteiger charge is -2.31. The number of rotatable bonds is 8. The van der Waals surface area contributed by atoms with Crippen molar-refractivity contribution in [1.82, 2.24) is 15.0 Å². The molecule has 2 fully saturated rings. The molecule has 0 bridgehead atoms. The van der Waals surface area contributed by atoms with Crippen molar-refractivity contribution in [2.75, 3.05) is 52.5 Å². The van der Waals surface area contributed by atoms with Crippen LogP contribution in [0.2, 0.25) is 5.02 Å². The predicted molar refractivity (Wildman–Crippen MR) is 130 cm³/mol. The summed E-state index contributed by atoms with van der Waals surface area (Å²) >= 11 is 6.48. The van der Waals surface area contributed by atoms with Crippen molar-refractivity contribution < 1.29 is 18.4 Å². The van der Waals surface area contributed by atoms with E-state index < -0.39 is 0 Å². The molecule has 3 aromatic rings. The number of benzene rings is 2.